The highest BCUT2D eigenvalue weighted by atomic mass is 19.4. The van der Waals surface area contributed by atoms with E-state index in [9.17, 15) is 35.5 Å². The molecule has 1 aromatic heterocycles. The van der Waals surface area contributed by atoms with Crippen LogP contribution in [0.3, 0.4) is 0 Å². The first kappa shape index (κ1) is 25.6. The van der Waals surface area contributed by atoms with E-state index in [-0.39, 0.29) is 49.3 Å². The van der Waals surface area contributed by atoms with Crippen LogP contribution in [0.15, 0.2) is 36.4 Å². The van der Waals surface area contributed by atoms with Crippen molar-refractivity contribution in [2.24, 2.45) is 5.73 Å². The number of amides is 1. The minimum absolute atomic E-state index is 0.151. The van der Waals surface area contributed by atoms with Crippen molar-refractivity contribution in [3.05, 3.63) is 82.4 Å². The predicted octanol–water partition coefficient (Wildman–Crippen LogP) is 3.94. The molecule has 0 saturated carbocycles. The average molecular weight is 515 g/mol. The lowest BCUT2D eigenvalue weighted by Gasteiger charge is -2.36. The molecule has 2 heterocycles. The molecule has 36 heavy (non-hydrogen) atoms. The van der Waals surface area contributed by atoms with E-state index in [1.54, 1.807) is 6.07 Å². The Morgan fingerprint density at radius 2 is 1.67 bits per heavy atom. The molecule has 0 radical (unpaired) electrons. The summed E-state index contributed by atoms with van der Waals surface area (Å²) in [5.41, 5.74) is 5.90. The van der Waals surface area contributed by atoms with Gasteiger partial charge in [-0.05, 0) is 29.7 Å². The summed E-state index contributed by atoms with van der Waals surface area (Å²) >= 11 is 0. The number of halogens is 7. The molecule has 13 heteroatoms. The SMILES string of the molecule is N[C@@H](CC(=O)N1CCn2c(nnc2C(F)(F)F)[C@@H]1Cc1ccccc1F)Cc1cc(F)c(F)cc1F. The Morgan fingerprint density at radius 3 is 2.36 bits per heavy atom. The fraction of sp³-hybridized carbons (Fsp3) is 0.348. The highest BCUT2D eigenvalue weighted by Gasteiger charge is 2.43. The topological polar surface area (TPSA) is 77.0 Å². The van der Waals surface area contributed by atoms with Crippen LogP contribution in [0.25, 0.3) is 0 Å². The molecule has 0 bridgehead atoms. The smallest absolute Gasteiger partial charge is 0.330 e. The Balaban J connectivity index is 1.59. The second kappa shape index (κ2) is 9.88. The highest BCUT2D eigenvalue weighted by Crippen LogP contribution is 2.35. The molecule has 3 aromatic rings. The Labute approximate surface area is 200 Å². The van der Waals surface area contributed by atoms with E-state index in [1.165, 1.54) is 23.1 Å². The fourth-order valence-electron chi connectivity index (χ4n) is 4.28. The van der Waals surface area contributed by atoms with E-state index in [0.717, 1.165) is 4.57 Å². The van der Waals surface area contributed by atoms with Gasteiger partial charge in [0.2, 0.25) is 11.7 Å². The maximum atomic E-state index is 14.4. The van der Waals surface area contributed by atoms with E-state index in [2.05, 4.69) is 10.2 Å². The maximum Gasteiger partial charge on any atom is 0.451 e. The van der Waals surface area contributed by atoms with Gasteiger partial charge in [0.05, 0.1) is 6.04 Å². The summed E-state index contributed by atoms with van der Waals surface area (Å²) in [6, 6.07) is 4.54. The Morgan fingerprint density at radius 1 is 0.972 bits per heavy atom. The summed E-state index contributed by atoms with van der Waals surface area (Å²) < 4.78 is 96.0. The lowest BCUT2D eigenvalue weighted by molar-refractivity contribution is -0.148. The number of nitrogens with two attached hydrogens (primary N) is 1. The molecule has 0 saturated heterocycles. The second-order valence-corrected chi connectivity index (χ2v) is 8.46. The summed E-state index contributed by atoms with van der Waals surface area (Å²) in [6.45, 7) is -0.429. The minimum Gasteiger partial charge on any atom is -0.330 e. The van der Waals surface area contributed by atoms with E-state index >= 15 is 0 Å². The summed E-state index contributed by atoms with van der Waals surface area (Å²) in [7, 11) is 0. The zero-order chi connectivity index (χ0) is 26.2. The fourth-order valence-corrected chi connectivity index (χ4v) is 4.28. The van der Waals surface area contributed by atoms with Gasteiger partial charge < -0.3 is 15.2 Å². The number of fused-ring (bicyclic) bond motifs is 1. The second-order valence-electron chi connectivity index (χ2n) is 8.46. The van der Waals surface area contributed by atoms with Gasteiger partial charge >= 0.3 is 6.18 Å². The standard InChI is InChI=1S/C23H20F7N5O/c24-15-4-2-1-3-12(15)9-19-21-32-33-22(23(28,29)30)35(21)6-5-34(19)20(36)10-14(31)7-13-8-17(26)18(27)11-16(13)25/h1-4,8,11,14,19H,5-7,9-10,31H2/t14-,19+/m1/s1. The summed E-state index contributed by atoms with van der Waals surface area (Å²) in [4.78, 5) is 14.4. The van der Waals surface area contributed by atoms with Crippen molar-refractivity contribution in [3.63, 3.8) is 0 Å². The number of carbonyl (C=O) groups is 1. The third-order valence-electron chi connectivity index (χ3n) is 5.97. The summed E-state index contributed by atoms with van der Waals surface area (Å²) in [6.07, 6.45) is -5.64. The molecule has 0 aliphatic carbocycles. The van der Waals surface area contributed by atoms with Gasteiger partial charge in [-0.25, -0.2) is 17.6 Å². The maximum absolute atomic E-state index is 14.4. The molecule has 2 aromatic carbocycles. The number of hydrogen-bond acceptors (Lipinski definition) is 4. The number of carbonyl (C=O) groups excluding carboxylic acids is 1. The van der Waals surface area contributed by atoms with Crippen molar-refractivity contribution in [3.8, 4) is 0 Å². The minimum atomic E-state index is -4.78. The predicted molar refractivity (Wildman–Crippen MR) is 112 cm³/mol. The van der Waals surface area contributed by atoms with E-state index < -0.39 is 53.3 Å². The number of nitrogens with zero attached hydrogens (tertiary/aromatic N) is 4. The van der Waals surface area contributed by atoms with Gasteiger partial charge in [0, 0.05) is 38.0 Å². The molecular formula is C23H20F7N5O. The van der Waals surface area contributed by atoms with Crippen LogP contribution in [0.5, 0.6) is 0 Å². The monoisotopic (exact) mass is 515 g/mol. The van der Waals surface area contributed by atoms with Crippen LogP contribution in [-0.2, 0) is 30.4 Å². The first-order chi connectivity index (χ1) is 17.0. The lowest BCUT2D eigenvalue weighted by atomic mass is 9.99. The highest BCUT2D eigenvalue weighted by molar-refractivity contribution is 5.77. The van der Waals surface area contributed by atoms with E-state index in [0.29, 0.717) is 12.1 Å². The summed E-state index contributed by atoms with van der Waals surface area (Å²) in [5, 5.41) is 6.90. The number of rotatable bonds is 6. The first-order valence-electron chi connectivity index (χ1n) is 10.9. The van der Waals surface area contributed by atoms with Gasteiger partial charge in [0.25, 0.3) is 0 Å². The van der Waals surface area contributed by atoms with Crippen LogP contribution in [0, 0.1) is 23.3 Å². The van der Waals surface area contributed by atoms with E-state index in [4.69, 9.17) is 5.73 Å². The average Bonchev–Trinajstić information content (AvgIpc) is 3.24. The molecule has 2 atom stereocenters. The van der Waals surface area contributed by atoms with Crippen LogP contribution in [0.2, 0.25) is 0 Å². The van der Waals surface area contributed by atoms with Crippen molar-refractivity contribution in [2.75, 3.05) is 6.54 Å². The molecular weight excluding hydrogens is 495 g/mol. The lowest BCUT2D eigenvalue weighted by Crippen LogP contribution is -2.46. The third kappa shape index (κ3) is 5.20. The Kier molecular flexibility index (Phi) is 7.03. The van der Waals surface area contributed by atoms with Gasteiger partial charge in [0.15, 0.2) is 17.5 Å². The Hall–Kier alpha value is -3.48. The molecule has 1 amide bonds. The molecule has 6 nitrogen and oxygen atoms in total. The molecule has 2 N–H and O–H groups in total. The third-order valence-corrected chi connectivity index (χ3v) is 5.97. The van der Waals surface area contributed by atoms with Crippen molar-refractivity contribution < 1.29 is 35.5 Å². The van der Waals surface area contributed by atoms with Crippen LogP contribution in [0.4, 0.5) is 30.7 Å². The number of aromatic nitrogens is 3. The van der Waals surface area contributed by atoms with Gasteiger partial charge in [-0.1, -0.05) is 18.2 Å². The van der Waals surface area contributed by atoms with E-state index in [1.807, 2.05) is 0 Å². The zero-order valence-corrected chi connectivity index (χ0v) is 18.6. The van der Waals surface area contributed by atoms with Crippen molar-refractivity contribution >= 4 is 5.91 Å². The molecule has 192 valence electrons. The van der Waals surface area contributed by atoms with Crippen LogP contribution < -0.4 is 5.73 Å². The normalized spacial score (nSPS) is 16.7. The van der Waals surface area contributed by atoms with Gasteiger partial charge in [0.1, 0.15) is 11.6 Å². The summed E-state index contributed by atoms with van der Waals surface area (Å²) in [5.74, 6) is -6.27. The Bertz CT molecular complexity index is 1280. The molecule has 1 aliphatic rings. The van der Waals surface area contributed by atoms with Crippen molar-refractivity contribution in [2.45, 2.75) is 44.1 Å². The van der Waals surface area contributed by atoms with Gasteiger partial charge in [-0.2, -0.15) is 13.2 Å². The number of hydrogen-bond donors (Lipinski definition) is 1. The van der Waals surface area contributed by atoms with Gasteiger partial charge in [-0.3, -0.25) is 4.79 Å². The first-order valence-corrected chi connectivity index (χ1v) is 10.9. The van der Waals surface area contributed by atoms with Crippen LogP contribution >= 0.6 is 0 Å². The quantitative estimate of drug-likeness (QED) is 0.399. The largest absolute Gasteiger partial charge is 0.451 e. The number of alkyl halides is 3. The van der Waals surface area contributed by atoms with Crippen LogP contribution in [-0.4, -0.2) is 38.2 Å². The van der Waals surface area contributed by atoms with Crippen molar-refractivity contribution in [1.29, 1.82) is 0 Å². The molecule has 0 fully saturated rings. The number of benzene rings is 2. The molecule has 1 aliphatic heterocycles. The molecule has 0 unspecified atom stereocenters. The van der Waals surface area contributed by atoms with Crippen LogP contribution in [0.1, 0.15) is 35.2 Å². The molecule has 4 rings (SSSR count). The zero-order valence-electron chi connectivity index (χ0n) is 18.6. The van der Waals surface area contributed by atoms with Crippen molar-refractivity contribution in [1.82, 2.24) is 19.7 Å². The van der Waals surface area contributed by atoms with Gasteiger partial charge in [-0.15, -0.1) is 10.2 Å². The molecule has 0 spiro atoms.